The lowest BCUT2D eigenvalue weighted by Gasteiger charge is -2.42. The predicted octanol–water partition coefficient (Wildman–Crippen LogP) is 1.19. The maximum absolute atomic E-state index is 12.1. The highest BCUT2D eigenvalue weighted by atomic mass is 32.2. The average Bonchev–Trinajstić information content (AvgIpc) is 2.45. The normalized spacial score (nSPS) is 33.6. The van der Waals surface area contributed by atoms with E-state index in [0.29, 0.717) is 10.5 Å². The van der Waals surface area contributed by atoms with Crippen LogP contribution in [-0.4, -0.2) is 31.9 Å². The van der Waals surface area contributed by atoms with E-state index in [4.69, 9.17) is 0 Å². The second-order valence-electron chi connectivity index (χ2n) is 5.49. The second-order valence-corrected chi connectivity index (χ2v) is 7.57. The van der Waals surface area contributed by atoms with Crippen molar-refractivity contribution in [2.45, 2.75) is 42.2 Å². The van der Waals surface area contributed by atoms with Gasteiger partial charge in [0.2, 0.25) is 0 Å². The van der Waals surface area contributed by atoms with Gasteiger partial charge in [0, 0.05) is 11.6 Å². The maximum Gasteiger partial charge on any atom is 0.178 e. The molecule has 3 rings (SSSR count). The number of rotatable bonds is 1. The number of hydrogen-bond acceptors (Lipinski definition) is 4. The van der Waals surface area contributed by atoms with E-state index in [1.807, 2.05) is 0 Å². The molecule has 19 heavy (non-hydrogen) atoms. The number of hydrogen-bond donors (Lipinski definition) is 2. The van der Waals surface area contributed by atoms with E-state index in [0.717, 1.165) is 25.8 Å². The van der Waals surface area contributed by atoms with Crippen LogP contribution >= 0.6 is 0 Å². The van der Waals surface area contributed by atoms with E-state index in [2.05, 4.69) is 5.32 Å². The molecule has 4 nitrogen and oxygen atoms in total. The monoisotopic (exact) mass is 281 g/mol. The Morgan fingerprint density at radius 1 is 1.26 bits per heavy atom. The minimum Gasteiger partial charge on any atom is -0.383 e. The van der Waals surface area contributed by atoms with E-state index in [1.165, 1.54) is 0 Å². The third kappa shape index (κ3) is 2.10. The predicted molar refractivity (Wildman–Crippen MR) is 72.7 cm³/mol. The average molecular weight is 281 g/mol. The molecule has 2 unspecified atom stereocenters. The molecule has 1 aromatic carbocycles. The first-order chi connectivity index (χ1) is 9.04. The Morgan fingerprint density at radius 3 is 2.79 bits per heavy atom. The van der Waals surface area contributed by atoms with Gasteiger partial charge < -0.3 is 10.4 Å². The first kappa shape index (κ1) is 13.1. The molecule has 0 bridgehead atoms. The van der Waals surface area contributed by atoms with Gasteiger partial charge in [-0.25, -0.2) is 8.42 Å². The van der Waals surface area contributed by atoms with Crippen LogP contribution in [0.4, 0.5) is 0 Å². The zero-order valence-electron chi connectivity index (χ0n) is 10.8. The van der Waals surface area contributed by atoms with Crippen LogP contribution in [0.3, 0.4) is 0 Å². The SMILES string of the molecule is O=S1(=O)CCC(O)(C2CCCCN2)c2ccccc21. The van der Waals surface area contributed by atoms with Crippen molar-refractivity contribution in [2.75, 3.05) is 12.3 Å². The van der Waals surface area contributed by atoms with E-state index >= 15 is 0 Å². The molecule has 0 radical (unpaired) electrons. The van der Waals surface area contributed by atoms with Crippen LogP contribution < -0.4 is 5.32 Å². The zero-order chi connectivity index (χ0) is 13.5. The van der Waals surface area contributed by atoms with Crippen LogP contribution in [0.5, 0.6) is 0 Å². The van der Waals surface area contributed by atoms with Crippen LogP contribution in [-0.2, 0) is 15.4 Å². The maximum atomic E-state index is 12.1. The van der Waals surface area contributed by atoms with Crippen molar-refractivity contribution in [2.24, 2.45) is 0 Å². The van der Waals surface area contributed by atoms with E-state index in [-0.39, 0.29) is 18.2 Å². The fraction of sp³-hybridized carbons (Fsp3) is 0.571. The van der Waals surface area contributed by atoms with Gasteiger partial charge in [-0.15, -0.1) is 0 Å². The van der Waals surface area contributed by atoms with Gasteiger partial charge in [0.25, 0.3) is 0 Å². The van der Waals surface area contributed by atoms with Crippen molar-refractivity contribution >= 4 is 9.84 Å². The summed E-state index contributed by atoms with van der Waals surface area (Å²) in [5, 5.41) is 14.4. The molecule has 2 atom stereocenters. The quantitative estimate of drug-likeness (QED) is 0.811. The molecule has 1 fully saturated rings. The number of aliphatic hydroxyl groups is 1. The third-order valence-corrected chi connectivity index (χ3v) is 6.09. The molecule has 104 valence electrons. The Balaban J connectivity index is 2.08. The number of fused-ring (bicyclic) bond motifs is 1. The lowest BCUT2D eigenvalue weighted by Crippen LogP contribution is -2.53. The fourth-order valence-corrected chi connectivity index (χ4v) is 4.92. The Hall–Kier alpha value is -0.910. The van der Waals surface area contributed by atoms with Gasteiger partial charge in [-0.2, -0.15) is 0 Å². The Bertz CT molecular complexity index is 578. The molecular formula is C14H19NO3S. The summed E-state index contributed by atoms with van der Waals surface area (Å²) >= 11 is 0. The molecule has 2 heterocycles. The van der Waals surface area contributed by atoms with Gasteiger partial charge >= 0.3 is 0 Å². The minimum atomic E-state index is -3.24. The van der Waals surface area contributed by atoms with Crippen LogP contribution in [0.15, 0.2) is 29.2 Å². The topological polar surface area (TPSA) is 66.4 Å². The van der Waals surface area contributed by atoms with Gasteiger partial charge in [0.15, 0.2) is 9.84 Å². The third-order valence-electron chi connectivity index (χ3n) is 4.33. The van der Waals surface area contributed by atoms with Gasteiger partial charge in [-0.3, -0.25) is 0 Å². The smallest absolute Gasteiger partial charge is 0.178 e. The number of sulfone groups is 1. The molecule has 2 N–H and O–H groups in total. The summed E-state index contributed by atoms with van der Waals surface area (Å²) in [7, 11) is -3.24. The Labute approximate surface area is 113 Å². The van der Waals surface area contributed by atoms with Crippen molar-refractivity contribution in [3.8, 4) is 0 Å². The van der Waals surface area contributed by atoms with Crippen molar-refractivity contribution in [1.29, 1.82) is 0 Å². The molecule has 1 aromatic rings. The summed E-state index contributed by atoms with van der Waals surface area (Å²) in [5.74, 6) is 0.0265. The van der Waals surface area contributed by atoms with E-state index in [1.54, 1.807) is 24.3 Å². The van der Waals surface area contributed by atoms with Crippen LogP contribution in [0, 0.1) is 0 Å². The lowest BCUT2D eigenvalue weighted by atomic mass is 9.80. The molecule has 0 aromatic heterocycles. The van der Waals surface area contributed by atoms with Gasteiger partial charge in [-0.1, -0.05) is 24.6 Å². The Morgan fingerprint density at radius 2 is 2.05 bits per heavy atom. The first-order valence-corrected chi connectivity index (χ1v) is 8.47. The highest BCUT2D eigenvalue weighted by molar-refractivity contribution is 7.91. The summed E-state index contributed by atoms with van der Waals surface area (Å²) in [6, 6.07) is 6.84. The summed E-state index contributed by atoms with van der Waals surface area (Å²) in [5.41, 5.74) is -0.483. The summed E-state index contributed by atoms with van der Waals surface area (Å²) in [6.45, 7) is 0.891. The molecule has 2 aliphatic rings. The van der Waals surface area contributed by atoms with Crippen molar-refractivity contribution in [3.05, 3.63) is 29.8 Å². The Kier molecular flexibility index (Phi) is 3.15. The van der Waals surface area contributed by atoms with Gasteiger partial charge in [0.1, 0.15) is 5.60 Å². The zero-order valence-corrected chi connectivity index (χ0v) is 11.6. The number of piperidine rings is 1. The lowest BCUT2D eigenvalue weighted by molar-refractivity contribution is -0.0195. The van der Waals surface area contributed by atoms with Gasteiger partial charge in [-0.05, 0) is 31.9 Å². The van der Waals surface area contributed by atoms with E-state index < -0.39 is 15.4 Å². The highest BCUT2D eigenvalue weighted by Crippen LogP contribution is 2.41. The van der Waals surface area contributed by atoms with Crippen LogP contribution in [0.25, 0.3) is 0 Å². The molecular weight excluding hydrogens is 262 g/mol. The minimum absolute atomic E-state index is 0.0265. The summed E-state index contributed by atoms with van der Waals surface area (Å²) in [6.07, 6.45) is 3.37. The second kappa shape index (κ2) is 4.58. The number of nitrogens with one attached hydrogen (secondary N) is 1. The van der Waals surface area contributed by atoms with E-state index in [9.17, 15) is 13.5 Å². The summed E-state index contributed by atoms with van der Waals surface area (Å²) in [4.78, 5) is 0.302. The molecule has 5 heteroatoms. The molecule has 0 saturated carbocycles. The molecule has 0 amide bonds. The van der Waals surface area contributed by atoms with Crippen molar-refractivity contribution < 1.29 is 13.5 Å². The molecule has 1 saturated heterocycles. The highest BCUT2D eigenvalue weighted by Gasteiger charge is 2.45. The van der Waals surface area contributed by atoms with Crippen LogP contribution in [0.1, 0.15) is 31.2 Å². The molecule has 0 aliphatic carbocycles. The number of benzene rings is 1. The summed E-state index contributed by atoms with van der Waals surface area (Å²) < 4.78 is 24.2. The van der Waals surface area contributed by atoms with Crippen LogP contribution in [0.2, 0.25) is 0 Å². The van der Waals surface area contributed by atoms with Crippen molar-refractivity contribution in [1.82, 2.24) is 5.32 Å². The molecule has 2 aliphatic heterocycles. The fourth-order valence-electron chi connectivity index (χ4n) is 3.25. The van der Waals surface area contributed by atoms with Crippen molar-refractivity contribution in [3.63, 3.8) is 0 Å². The van der Waals surface area contributed by atoms with Gasteiger partial charge in [0.05, 0.1) is 10.6 Å². The first-order valence-electron chi connectivity index (χ1n) is 6.82. The molecule has 0 spiro atoms. The largest absolute Gasteiger partial charge is 0.383 e. The standard InChI is InChI=1S/C14H19NO3S/c16-14(13-7-3-4-9-15-13)8-10-19(17,18)12-6-2-1-5-11(12)14/h1-2,5-6,13,15-16H,3-4,7-10H2.